The van der Waals surface area contributed by atoms with Crippen molar-refractivity contribution in [2.75, 3.05) is 12.3 Å². The molecule has 16 heavy (non-hydrogen) atoms. The molecule has 5 heteroatoms. The van der Waals surface area contributed by atoms with E-state index in [1.807, 2.05) is 6.92 Å². The third-order valence-corrected chi connectivity index (χ3v) is 3.60. The molecule has 1 saturated carbocycles. The maximum absolute atomic E-state index is 5.71. The molecule has 4 nitrogen and oxygen atoms in total. The van der Waals surface area contributed by atoms with Crippen molar-refractivity contribution in [1.29, 1.82) is 0 Å². The van der Waals surface area contributed by atoms with Gasteiger partial charge < -0.3 is 10.5 Å². The highest BCUT2D eigenvalue weighted by atomic mass is 32.1. The number of aryl methyl sites for hydroxylation is 1. The molecular weight excluding hydrogens is 222 g/mol. The van der Waals surface area contributed by atoms with E-state index in [-0.39, 0.29) is 0 Å². The van der Waals surface area contributed by atoms with Crippen LogP contribution in [0.15, 0.2) is 6.07 Å². The fraction of sp³-hybridized carbons (Fsp3) is 0.455. The van der Waals surface area contributed by atoms with E-state index in [4.69, 9.17) is 10.5 Å². The van der Waals surface area contributed by atoms with Gasteiger partial charge in [-0.15, -0.1) is 11.3 Å². The van der Waals surface area contributed by atoms with Crippen LogP contribution in [-0.2, 0) is 0 Å². The third-order valence-electron chi connectivity index (χ3n) is 2.65. The Labute approximate surface area is 97.5 Å². The minimum Gasteiger partial charge on any atom is -0.477 e. The van der Waals surface area contributed by atoms with E-state index in [2.05, 4.69) is 16.0 Å². The van der Waals surface area contributed by atoms with Crippen LogP contribution in [-0.4, -0.2) is 16.6 Å². The van der Waals surface area contributed by atoms with E-state index in [1.54, 1.807) is 11.3 Å². The predicted molar refractivity (Wildman–Crippen MR) is 64.8 cm³/mol. The topological polar surface area (TPSA) is 61.0 Å². The molecule has 0 aliphatic heterocycles. The number of hydrogen-bond donors (Lipinski definition) is 1. The number of rotatable bonds is 3. The molecule has 2 aromatic heterocycles. The monoisotopic (exact) mass is 235 g/mol. The van der Waals surface area contributed by atoms with E-state index in [0.29, 0.717) is 17.7 Å². The Bertz CT molecular complexity index is 533. The molecular formula is C11H13N3OS. The first kappa shape index (κ1) is 9.84. The minimum absolute atomic E-state index is 0.292. The number of nitrogen functional groups attached to an aromatic ring is 1. The molecule has 1 aliphatic rings. The third kappa shape index (κ3) is 1.82. The number of ether oxygens (including phenoxy) is 1. The molecule has 3 rings (SSSR count). The van der Waals surface area contributed by atoms with Crippen molar-refractivity contribution in [2.24, 2.45) is 5.92 Å². The minimum atomic E-state index is 0.292. The molecule has 2 aromatic rings. The summed E-state index contributed by atoms with van der Waals surface area (Å²) in [6.45, 7) is 2.80. The van der Waals surface area contributed by atoms with Gasteiger partial charge in [0, 0.05) is 4.88 Å². The Balaban J connectivity index is 1.98. The second-order valence-corrected chi connectivity index (χ2v) is 5.45. The van der Waals surface area contributed by atoms with Crippen molar-refractivity contribution < 1.29 is 4.74 Å². The van der Waals surface area contributed by atoms with Crippen LogP contribution in [0.25, 0.3) is 10.2 Å². The second-order valence-electron chi connectivity index (χ2n) is 4.22. The predicted octanol–water partition coefficient (Wildman–Crippen LogP) is 2.37. The van der Waals surface area contributed by atoms with Gasteiger partial charge in [0.2, 0.25) is 11.8 Å². The smallest absolute Gasteiger partial charge is 0.227 e. The van der Waals surface area contributed by atoms with Gasteiger partial charge in [0.25, 0.3) is 0 Å². The van der Waals surface area contributed by atoms with Gasteiger partial charge in [-0.25, -0.2) is 4.98 Å². The zero-order valence-electron chi connectivity index (χ0n) is 9.06. The number of thiophene rings is 1. The van der Waals surface area contributed by atoms with Gasteiger partial charge in [-0.1, -0.05) is 0 Å². The zero-order valence-corrected chi connectivity index (χ0v) is 9.88. The van der Waals surface area contributed by atoms with Gasteiger partial charge in [-0.05, 0) is 31.7 Å². The lowest BCUT2D eigenvalue weighted by Gasteiger charge is -2.05. The van der Waals surface area contributed by atoms with Crippen LogP contribution in [0, 0.1) is 12.8 Å². The molecule has 0 amide bonds. The molecule has 0 radical (unpaired) electrons. The molecule has 1 aliphatic carbocycles. The Kier molecular flexibility index (Phi) is 2.21. The van der Waals surface area contributed by atoms with Crippen molar-refractivity contribution in [3.63, 3.8) is 0 Å². The fourth-order valence-corrected chi connectivity index (χ4v) is 2.50. The SMILES string of the molecule is Cc1cc2c(OCC3CC3)nc(N)nc2s1. The standard InChI is InChI=1S/C11H13N3OS/c1-6-4-8-9(15-5-7-2-3-7)13-11(12)14-10(8)16-6/h4,7H,2-3,5H2,1H3,(H2,12,13,14). The van der Waals surface area contributed by atoms with E-state index in [0.717, 1.165) is 16.8 Å². The van der Waals surface area contributed by atoms with Crippen LogP contribution in [0.4, 0.5) is 5.95 Å². The van der Waals surface area contributed by atoms with E-state index in [9.17, 15) is 0 Å². The van der Waals surface area contributed by atoms with Crippen LogP contribution in [0.1, 0.15) is 17.7 Å². The van der Waals surface area contributed by atoms with Crippen LogP contribution < -0.4 is 10.5 Å². The maximum Gasteiger partial charge on any atom is 0.227 e. The van der Waals surface area contributed by atoms with Gasteiger partial charge in [-0.2, -0.15) is 4.98 Å². The number of nitrogens with two attached hydrogens (primary N) is 1. The fourth-order valence-electron chi connectivity index (χ4n) is 1.62. The number of anilines is 1. The van der Waals surface area contributed by atoms with Gasteiger partial charge in [0.1, 0.15) is 4.83 Å². The van der Waals surface area contributed by atoms with Gasteiger partial charge in [-0.3, -0.25) is 0 Å². The Morgan fingerprint density at radius 2 is 2.31 bits per heavy atom. The summed E-state index contributed by atoms with van der Waals surface area (Å²) in [6.07, 6.45) is 2.54. The molecule has 84 valence electrons. The summed E-state index contributed by atoms with van der Waals surface area (Å²) >= 11 is 1.62. The lowest BCUT2D eigenvalue weighted by Crippen LogP contribution is -2.03. The molecule has 0 spiro atoms. The summed E-state index contributed by atoms with van der Waals surface area (Å²) in [5, 5.41) is 0.984. The highest BCUT2D eigenvalue weighted by molar-refractivity contribution is 7.18. The Hall–Kier alpha value is -1.36. The summed E-state index contributed by atoms with van der Waals surface area (Å²) in [4.78, 5) is 10.5. The Morgan fingerprint density at radius 1 is 1.50 bits per heavy atom. The van der Waals surface area contributed by atoms with Crippen LogP contribution in [0.5, 0.6) is 5.88 Å². The first-order valence-electron chi connectivity index (χ1n) is 5.39. The highest BCUT2D eigenvalue weighted by Crippen LogP contribution is 2.33. The average Bonchev–Trinajstić information content (AvgIpc) is 2.97. The molecule has 2 heterocycles. The largest absolute Gasteiger partial charge is 0.477 e. The van der Waals surface area contributed by atoms with Gasteiger partial charge in [0.05, 0.1) is 12.0 Å². The lowest BCUT2D eigenvalue weighted by molar-refractivity contribution is 0.292. The summed E-state index contributed by atoms with van der Waals surface area (Å²) in [6, 6.07) is 2.06. The molecule has 0 atom stereocenters. The van der Waals surface area contributed by atoms with Gasteiger partial charge >= 0.3 is 0 Å². The highest BCUT2D eigenvalue weighted by Gasteiger charge is 2.23. The molecule has 0 saturated heterocycles. The van der Waals surface area contributed by atoms with Crippen molar-refractivity contribution in [1.82, 2.24) is 9.97 Å². The quantitative estimate of drug-likeness (QED) is 0.887. The van der Waals surface area contributed by atoms with Crippen LogP contribution in [0.2, 0.25) is 0 Å². The number of hydrogen-bond acceptors (Lipinski definition) is 5. The van der Waals surface area contributed by atoms with Gasteiger partial charge in [0.15, 0.2) is 0 Å². The zero-order chi connectivity index (χ0) is 11.1. The molecule has 2 N–H and O–H groups in total. The van der Waals surface area contributed by atoms with E-state index < -0.39 is 0 Å². The summed E-state index contributed by atoms with van der Waals surface area (Å²) < 4.78 is 5.71. The number of aromatic nitrogens is 2. The van der Waals surface area contributed by atoms with Crippen LogP contribution >= 0.6 is 11.3 Å². The van der Waals surface area contributed by atoms with E-state index in [1.165, 1.54) is 17.7 Å². The normalized spacial score (nSPS) is 15.6. The van der Waals surface area contributed by atoms with Crippen LogP contribution in [0.3, 0.4) is 0 Å². The van der Waals surface area contributed by atoms with Crippen molar-refractivity contribution in [3.05, 3.63) is 10.9 Å². The molecule has 0 bridgehead atoms. The molecule has 1 fully saturated rings. The first-order chi connectivity index (χ1) is 7.72. The molecule has 0 unspecified atom stereocenters. The summed E-state index contributed by atoms with van der Waals surface area (Å²) in [5.74, 6) is 1.64. The average molecular weight is 235 g/mol. The number of nitrogens with zero attached hydrogens (tertiary/aromatic N) is 2. The van der Waals surface area contributed by atoms with Crippen molar-refractivity contribution >= 4 is 27.5 Å². The number of fused-ring (bicyclic) bond motifs is 1. The summed E-state index contributed by atoms with van der Waals surface area (Å²) in [7, 11) is 0. The Morgan fingerprint density at radius 3 is 3.06 bits per heavy atom. The van der Waals surface area contributed by atoms with Crippen molar-refractivity contribution in [3.8, 4) is 5.88 Å². The summed E-state index contributed by atoms with van der Waals surface area (Å²) in [5.41, 5.74) is 5.66. The first-order valence-corrected chi connectivity index (χ1v) is 6.20. The van der Waals surface area contributed by atoms with Crippen molar-refractivity contribution in [2.45, 2.75) is 19.8 Å². The molecule has 0 aromatic carbocycles. The van der Waals surface area contributed by atoms with E-state index >= 15 is 0 Å². The second kappa shape index (κ2) is 3.59. The lowest BCUT2D eigenvalue weighted by atomic mass is 10.3. The maximum atomic E-state index is 5.71.